The van der Waals surface area contributed by atoms with Gasteiger partial charge in [0.2, 0.25) is 5.88 Å². The first-order chi connectivity index (χ1) is 16.2. The highest BCUT2D eigenvalue weighted by Gasteiger charge is 2.25. The predicted molar refractivity (Wildman–Crippen MR) is 121 cm³/mol. The van der Waals surface area contributed by atoms with E-state index in [-0.39, 0.29) is 10.6 Å². The minimum absolute atomic E-state index is 0.0966. The molecule has 1 aromatic carbocycles. The summed E-state index contributed by atoms with van der Waals surface area (Å²) >= 11 is 0.647. The molecule has 12 heteroatoms. The number of hydrogen-bond acceptors (Lipinski definition) is 6. The summed E-state index contributed by atoms with van der Waals surface area (Å²) < 4.78 is 50.8. The summed E-state index contributed by atoms with van der Waals surface area (Å²) in [6.07, 6.45) is 4.31. The monoisotopic (exact) mass is 500 g/mol. The second-order valence-corrected chi connectivity index (χ2v) is 8.96. The van der Waals surface area contributed by atoms with Crippen LogP contribution in [0.25, 0.3) is 0 Å². The number of likely N-dealkylation sites (tertiary alicyclic amines) is 1. The average molecular weight is 501 g/mol. The van der Waals surface area contributed by atoms with Gasteiger partial charge in [-0.25, -0.2) is 22.8 Å². The number of carboxylic acids is 1. The van der Waals surface area contributed by atoms with Crippen molar-refractivity contribution in [1.29, 1.82) is 0 Å². The van der Waals surface area contributed by atoms with E-state index in [1.54, 1.807) is 0 Å². The molecule has 1 fully saturated rings. The molecule has 0 radical (unpaired) electrons. The maximum absolute atomic E-state index is 14.1. The van der Waals surface area contributed by atoms with Gasteiger partial charge < -0.3 is 20.1 Å². The number of aromatic nitrogens is 1. The summed E-state index contributed by atoms with van der Waals surface area (Å²) in [6.45, 7) is 4.92. The molecule has 1 atom stereocenters. The standard InChI is InChI=1S/C22H27F3N4O4S/c1-12-10-15(23)14(18(25)17(12)24)11-33-19-16(21(30)31)20(34-28-19)27-22(32)26-7-5-9-29-8-4-3-6-13(29)2/h10,13H,3-9,11H2,1-2H3,(H,30,31)(H2,26,27,32). The van der Waals surface area contributed by atoms with Crippen molar-refractivity contribution in [3.8, 4) is 5.88 Å². The third kappa shape index (κ3) is 6.17. The van der Waals surface area contributed by atoms with E-state index in [1.165, 1.54) is 26.2 Å². The number of rotatable bonds is 9. The molecular formula is C22H27F3N4O4S. The van der Waals surface area contributed by atoms with Gasteiger partial charge in [0, 0.05) is 19.1 Å². The van der Waals surface area contributed by atoms with Crippen LogP contribution in [0, 0.1) is 24.4 Å². The number of anilines is 1. The fourth-order valence-corrected chi connectivity index (χ4v) is 4.52. The summed E-state index contributed by atoms with van der Waals surface area (Å²) in [5.74, 6) is -5.55. The number of hydrogen-bond donors (Lipinski definition) is 3. The number of nitrogens with one attached hydrogen (secondary N) is 2. The Morgan fingerprint density at radius 1 is 1.29 bits per heavy atom. The molecule has 186 valence electrons. The van der Waals surface area contributed by atoms with Crippen LogP contribution < -0.4 is 15.4 Å². The maximum atomic E-state index is 14.1. The van der Waals surface area contributed by atoms with Crippen molar-refractivity contribution >= 4 is 28.5 Å². The number of urea groups is 1. The molecule has 2 aromatic rings. The maximum Gasteiger partial charge on any atom is 0.344 e. The van der Waals surface area contributed by atoms with Gasteiger partial charge in [0.1, 0.15) is 17.4 Å². The van der Waals surface area contributed by atoms with Gasteiger partial charge in [-0.2, -0.15) is 4.37 Å². The van der Waals surface area contributed by atoms with Crippen LogP contribution in [0.4, 0.5) is 23.0 Å². The predicted octanol–water partition coefficient (Wildman–Crippen LogP) is 4.53. The van der Waals surface area contributed by atoms with E-state index >= 15 is 0 Å². The molecule has 3 rings (SSSR count). The lowest BCUT2D eigenvalue weighted by Crippen LogP contribution is -2.39. The van der Waals surface area contributed by atoms with Crippen molar-refractivity contribution in [3.05, 3.63) is 40.2 Å². The second kappa shape index (κ2) is 11.5. The van der Waals surface area contributed by atoms with Crippen LogP contribution in [0.1, 0.15) is 54.1 Å². The SMILES string of the molecule is Cc1cc(F)c(COc2nsc(NC(=O)NCCCN3CCCCC3C)c2C(=O)O)c(F)c1F. The van der Waals surface area contributed by atoms with E-state index in [0.29, 0.717) is 24.1 Å². The molecule has 3 N–H and O–H groups in total. The summed E-state index contributed by atoms with van der Waals surface area (Å²) in [7, 11) is 0. The first-order valence-corrected chi connectivity index (χ1v) is 11.7. The van der Waals surface area contributed by atoms with E-state index in [2.05, 4.69) is 26.8 Å². The Bertz CT molecular complexity index is 1050. The van der Waals surface area contributed by atoms with E-state index in [4.69, 9.17) is 4.74 Å². The zero-order chi connectivity index (χ0) is 24.8. The van der Waals surface area contributed by atoms with E-state index in [0.717, 1.165) is 25.6 Å². The Kier molecular flexibility index (Phi) is 8.72. The molecule has 0 aliphatic carbocycles. The number of carbonyl (C=O) groups excluding carboxylic acids is 1. The van der Waals surface area contributed by atoms with Crippen LogP contribution in [0.5, 0.6) is 5.88 Å². The highest BCUT2D eigenvalue weighted by atomic mass is 32.1. The molecule has 1 saturated heterocycles. The van der Waals surface area contributed by atoms with Crippen molar-refractivity contribution in [2.24, 2.45) is 0 Å². The molecule has 0 bridgehead atoms. The molecule has 8 nitrogen and oxygen atoms in total. The summed E-state index contributed by atoms with van der Waals surface area (Å²) in [5, 5.41) is 14.5. The van der Waals surface area contributed by atoms with Crippen molar-refractivity contribution < 1.29 is 32.6 Å². The van der Waals surface area contributed by atoms with Gasteiger partial charge in [0.15, 0.2) is 17.2 Å². The number of piperidine rings is 1. The first-order valence-electron chi connectivity index (χ1n) is 11.0. The third-order valence-corrected chi connectivity index (χ3v) is 6.48. The number of amides is 2. The Labute approximate surface area is 199 Å². The van der Waals surface area contributed by atoms with Crippen LogP contribution in [0.3, 0.4) is 0 Å². The van der Waals surface area contributed by atoms with Gasteiger partial charge in [-0.3, -0.25) is 5.32 Å². The van der Waals surface area contributed by atoms with E-state index in [9.17, 15) is 27.9 Å². The minimum atomic E-state index is -1.45. The Morgan fingerprint density at radius 3 is 2.76 bits per heavy atom. The number of carbonyl (C=O) groups is 2. The van der Waals surface area contributed by atoms with E-state index < -0.39 is 53.1 Å². The largest absolute Gasteiger partial charge is 0.477 e. The fourth-order valence-electron chi connectivity index (χ4n) is 3.79. The molecule has 1 aliphatic rings. The highest BCUT2D eigenvalue weighted by Crippen LogP contribution is 2.32. The summed E-state index contributed by atoms with van der Waals surface area (Å²) in [5.41, 5.74) is -1.36. The van der Waals surface area contributed by atoms with Gasteiger partial charge in [0.05, 0.1) is 5.56 Å². The molecule has 0 spiro atoms. The fraction of sp³-hybridized carbons (Fsp3) is 0.500. The second-order valence-electron chi connectivity index (χ2n) is 8.18. The van der Waals surface area contributed by atoms with Crippen LogP contribution in [-0.2, 0) is 6.61 Å². The van der Waals surface area contributed by atoms with Gasteiger partial charge >= 0.3 is 12.0 Å². The number of halogens is 3. The number of ether oxygens (including phenoxy) is 1. The number of aryl methyl sites for hydroxylation is 1. The Balaban J connectivity index is 1.57. The summed E-state index contributed by atoms with van der Waals surface area (Å²) in [6, 6.07) is 0.733. The van der Waals surface area contributed by atoms with Crippen molar-refractivity contribution in [1.82, 2.24) is 14.6 Å². The van der Waals surface area contributed by atoms with Gasteiger partial charge in [-0.05, 0) is 62.8 Å². The van der Waals surface area contributed by atoms with Crippen molar-refractivity contribution in [3.63, 3.8) is 0 Å². The zero-order valence-corrected chi connectivity index (χ0v) is 19.7. The Hall–Kier alpha value is -2.86. The van der Waals surface area contributed by atoms with E-state index in [1.807, 2.05) is 0 Å². The number of aromatic carboxylic acids is 1. The molecule has 2 heterocycles. The minimum Gasteiger partial charge on any atom is -0.477 e. The molecule has 34 heavy (non-hydrogen) atoms. The van der Waals surface area contributed by atoms with Gasteiger partial charge in [-0.1, -0.05) is 6.42 Å². The molecule has 1 aliphatic heterocycles. The summed E-state index contributed by atoms with van der Waals surface area (Å²) in [4.78, 5) is 26.3. The number of benzene rings is 1. The lowest BCUT2D eigenvalue weighted by atomic mass is 10.0. The first kappa shape index (κ1) is 25.8. The van der Waals surface area contributed by atoms with Crippen LogP contribution in [0.15, 0.2) is 6.07 Å². The number of carboxylic acid groups (broad SMARTS) is 1. The third-order valence-electron chi connectivity index (χ3n) is 5.74. The quantitative estimate of drug-likeness (QED) is 0.345. The smallest absolute Gasteiger partial charge is 0.344 e. The highest BCUT2D eigenvalue weighted by molar-refractivity contribution is 7.11. The molecule has 1 aromatic heterocycles. The Morgan fingerprint density at radius 2 is 2.06 bits per heavy atom. The molecule has 0 saturated carbocycles. The van der Waals surface area contributed by atoms with Gasteiger partial charge in [0.25, 0.3) is 0 Å². The van der Waals surface area contributed by atoms with Crippen molar-refractivity contribution in [2.75, 3.05) is 25.0 Å². The van der Waals surface area contributed by atoms with Crippen molar-refractivity contribution in [2.45, 2.75) is 52.2 Å². The number of nitrogens with zero attached hydrogens (tertiary/aromatic N) is 2. The average Bonchev–Trinajstić information content (AvgIpc) is 3.18. The van der Waals surface area contributed by atoms with Crippen LogP contribution in [-0.4, -0.2) is 52.1 Å². The normalized spacial score (nSPS) is 16.3. The van der Waals surface area contributed by atoms with Gasteiger partial charge in [-0.15, -0.1) is 0 Å². The topological polar surface area (TPSA) is 104 Å². The lowest BCUT2D eigenvalue weighted by molar-refractivity contribution is 0.0693. The molecule has 1 unspecified atom stereocenters. The lowest BCUT2D eigenvalue weighted by Gasteiger charge is -2.33. The van der Waals surface area contributed by atoms with Crippen LogP contribution in [0.2, 0.25) is 0 Å². The molecular weight excluding hydrogens is 473 g/mol. The molecule has 2 amide bonds. The zero-order valence-electron chi connectivity index (χ0n) is 18.9. The van der Waals surface area contributed by atoms with Crippen LogP contribution >= 0.6 is 11.5 Å².